The number of aryl methyl sites for hydroxylation is 2. The smallest absolute Gasteiger partial charge is 0.323 e. The molecule has 0 bridgehead atoms. The summed E-state index contributed by atoms with van der Waals surface area (Å²) in [6, 6.07) is 10.4. The summed E-state index contributed by atoms with van der Waals surface area (Å²) in [5, 5.41) is 6.05. The van der Waals surface area contributed by atoms with E-state index in [4.69, 9.17) is 17.3 Å². The lowest BCUT2D eigenvalue weighted by molar-refractivity contribution is 0.262. The van der Waals surface area contributed by atoms with Gasteiger partial charge in [-0.15, -0.1) is 0 Å². The van der Waals surface area contributed by atoms with Gasteiger partial charge in [0.25, 0.3) is 0 Å². The summed E-state index contributed by atoms with van der Waals surface area (Å²) < 4.78 is 0. The quantitative estimate of drug-likeness (QED) is 0.726. The molecule has 4 N–H and O–H groups in total. The van der Waals surface area contributed by atoms with Crippen LogP contribution in [0.5, 0.6) is 0 Å². The zero-order chi connectivity index (χ0) is 14.7. The van der Waals surface area contributed by atoms with Gasteiger partial charge in [-0.05, 0) is 49.2 Å². The minimum Gasteiger partial charge on any atom is -0.398 e. The van der Waals surface area contributed by atoms with Gasteiger partial charge in [0.2, 0.25) is 0 Å². The summed E-state index contributed by atoms with van der Waals surface area (Å²) in [6.07, 6.45) is 0. The second-order valence-corrected chi connectivity index (χ2v) is 5.02. The minimum absolute atomic E-state index is 0.340. The van der Waals surface area contributed by atoms with E-state index in [0.29, 0.717) is 22.1 Å². The van der Waals surface area contributed by atoms with E-state index in [1.807, 2.05) is 26.0 Å². The third-order valence-corrected chi connectivity index (χ3v) is 3.37. The first-order chi connectivity index (χ1) is 9.45. The number of carbonyl (C=O) groups is 1. The van der Waals surface area contributed by atoms with Crippen molar-refractivity contribution in [3.05, 3.63) is 52.5 Å². The van der Waals surface area contributed by atoms with Crippen LogP contribution in [0.1, 0.15) is 11.1 Å². The number of rotatable bonds is 2. The second-order valence-electron chi connectivity index (χ2n) is 4.61. The number of nitrogens with one attached hydrogen (secondary N) is 2. The van der Waals surface area contributed by atoms with Crippen molar-refractivity contribution in [3.63, 3.8) is 0 Å². The molecule has 0 aromatic heterocycles. The number of nitrogens with two attached hydrogens (primary N) is 1. The highest BCUT2D eigenvalue weighted by atomic mass is 35.5. The predicted octanol–water partition coefficient (Wildman–Crippen LogP) is 4.18. The Morgan fingerprint density at radius 3 is 2.10 bits per heavy atom. The highest BCUT2D eigenvalue weighted by Crippen LogP contribution is 2.21. The predicted molar refractivity (Wildman–Crippen MR) is 84.4 cm³/mol. The van der Waals surface area contributed by atoms with E-state index in [9.17, 15) is 4.79 Å². The van der Waals surface area contributed by atoms with Gasteiger partial charge in [0, 0.05) is 22.1 Å². The fourth-order valence-corrected chi connectivity index (χ4v) is 1.86. The van der Waals surface area contributed by atoms with Gasteiger partial charge in [-0.3, -0.25) is 0 Å². The van der Waals surface area contributed by atoms with E-state index in [-0.39, 0.29) is 6.03 Å². The zero-order valence-corrected chi connectivity index (χ0v) is 12.1. The average Bonchev–Trinajstić information content (AvgIpc) is 2.38. The molecular weight excluding hydrogens is 274 g/mol. The van der Waals surface area contributed by atoms with Gasteiger partial charge in [0.15, 0.2) is 0 Å². The average molecular weight is 290 g/mol. The Kier molecular flexibility index (Phi) is 4.15. The molecule has 0 saturated carbocycles. The SMILES string of the molecule is Cc1ccc(NC(=O)Nc2ccc(C)c(Cl)c2)cc1N. The van der Waals surface area contributed by atoms with Gasteiger partial charge in [0.05, 0.1) is 0 Å². The molecule has 0 aliphatic rings. The van der Waals surface area contributed by atoms with Crippen molar-refractivity contribution in [2.24, 2.45) is 0 Å². The number of anilines is 3. The monoisotopic (exact) mass is 289 g/mol. The van der Waals surface area contributed by atoms with Crippen molar-refractivity contribution in [2.75, 3.05) is 16.4 Å². The molecule has 0 atom stereocenters. The first-order valence-corrected chi connectivity index (χ1v) is 6.54. The van der Waals surface area contributed by atoms with Crippen molar-refractivity contribution in [1.29, 1.82) is 0 Å². The summed E-state index contributed by atoms with van der Waals surface area (Å²) in [6.45, 7) is 3.81. The fraction of sp³-hybridized carbons (Fsp3) is 0.133. The molecule has 0 saturated heterocycles. The van der Waals surface area contributed by atoms with Crippen LogP contribution in [0.25, 0.3) is 0 Å². The van der Waals surface area contributed by atoms with E-state index in [2.05, 4.69) is 10.6 Å². The Morgan fingerprint density at radius 2 is 1.55 bits per heavy atom. The summed E-state index contributed by atoms with van der Waals surface area (Å²) in [5.74, 6) is 0. The van der Waals surface area contributed by atoms with Gasteiger partial charge in [-0.1, -0.05) is 23.7 Å². The van der Waals surface area contributed by atoms with E-state index in [1.165, 1.54) is 0 Å². The molecule has 104 valence electrons. The standard InChI is InChI=1S/C15H16ClN3O/c1-9-3-5-11(7-13(9)16)18-15(20)19-12-6-4-10(2)14(17)8-12/h3-8H,17H2,1-2H3,(H2,18,19,20). The molecule has 0 spiro atoms. The molecule has 2 rings (SSSR count). The molecule has 0 aliphatic carbocycles. The van der Waals surface area contributed by atoms with Gasteiger partial charge < -0.3 is 16.4 Å². The highest BCUT2D eigenvalue weighted by molar-refractivity contribution is 6.31. The fourth-order valence-electron chi connectivity index (χ4n) is 1.68. The Bertz CT molecular complexity index is 600. The molecule has 20 heavy (non-hydrogen) atoms. The number of halogens is 1. The molecule has 5 heteroatoms. The molecule has 2 amide bonds. The van der Waals surface area contributed by atoms with Crippen LogP contribution in [0.3, 0.4) is 0 Å². The Hall–Kier alpha value is -2.20. The number of hydrogen-bond donors (Lipinski definition) is 3. The molecule has 0 radical (unpaired) electrons. The van der Waals surface area contributed by atoms with Gasteiger partial charge in [0.1, 0.15) is 0 Å². The molecule has 0 aliphatic heterocycles. The maximum atomic E-state index is 11.9. The molecular formula is C15H16ClN3O. The molecule has 4 nitrogen and oxygen atoms in total. The first-order valence-electron chi connectivity index (χ1n) is 6.16. The maximum Gasteiger partial charge on any atom is 0.323 e. The van der Waals surface area contributed by atoms with E-state index in [1.54, 1.807) is 24.3 Å². The third-order valence-electron chi connectivity index (χ3n) is 2.97. The van der Waals surface area contributed by atoms with E-state index < -0.39 is 0 Å². The topological polar surface area (TPSA) is 67.2 Å². The summed E-state index contributed by atoms with van der Waals surface area (Å²) in [7, 11) is 0. The van der Waals surface area contributed by atoms with Crippen LogP contribution >= 0.6 is 11.6 Å². The zero-order valence-electron chi connectivity index (χ0n) is 11.3. The highest BCUT2D eigenvalue weighted by Gasteiger charge is 2.05. The van der Waals surface area contributed by atoms with Crippen molar-refractivity contribution in [1.82, 2.24) is 0 Å². The lowest BCUT2D eigenvalue weighted by Crippen LogP contribution is -2.19. The number of urea groups is 1. The third kappa shape index (κ3) is 3.42. The van der Waals surface area contributed by atoms with Crippen molar-refractivity contribution in [3.8, 4) is 0 Å². The summed E-state index contributed by atoms with van der Waals surface area (Å²) in [5.41, 5.74) is 9.65. The van der Waals surface area contributed by atoms with Crippen LogP contribution in [0, 0.1) is 13.8 Å². The number of amides is 2. The lowest BCUT2D eigenvalue weighted by Gasteiger charge is -2.10. The number of carbonyl (C=O) groups excluding carboxylic acids is 1. The molecule has 2 aromatic rings. The first kappa shape index (κ1) is 14.2. The number of hydrogen-bond acceptors (Lipinski definition) is 2. The Labute approximate surface area is 122 Å². The Morgan fingerprint density at radius 1 is 1.00 bits per heavy atom. The molecule has 2 aromatic carbocycles. The second kappa shape index (κ2) is 5.84. The largest absolute Gasteiger partial charge is 0.398 e. The van der Waals surface area contributed by atoms with Crippen LogP contribution in [0.2, 0.25) is 5.02 Å². The lowest BCUT2D eigenvalue weighted by atomic mass is 10.2. The van der Waals surface area contributed by atoms with Crippen LogP contribution in [-0.2, 0) is 0 Å². The molecule has 0 unspecified atom stereocenters. The van der Waals surface area contributed by atoms with Crippen LogP contribution in [-0.4, -0.2) is 6.03 Å². The normalized spacial score (nSPS) is 10.2. The van der Waals surface area contributed by atoms with Crippen molar-refractivity contribution >= 4 is 34.7 Å². The number of benzene rings is 2. The summed E-state index contributed by atoms with van der Waals surface area (Å²) >= 11 is 6.01. The Balaban J connectivity index is 2.04. The van der Waals surface area contributed by atoms with Crippen molar-refractivity contribution in [2.45, 2.75) is 13.8 Å². The van der Waals surface area contributed by atoms with Crippen LogP contribution in [0.15, 0.2) is 36.4 Å². The van der Waals surface area contributed by atoms with E-state index in [0.717, 1.165) is 11.1 Å². The minimum atomic E-state index is -0.340. The number of nitrogen functional groups attached to an aromatic ring is 1. The van der Waals surface area contributed by atoms with Gasteiger partial charge in [-0.25, -0.2) is 4.79 Å². The van der Waals surface area contributed by atoms with Crippen molar-refractivity contribution < 1.29 is 4.79 Å². The summed E-state index contributed by atoms with van der Waals surface area (Å²) in [4.78, 5) is 11.9. The van der Waals surface area contributed by atoms with Crippen LogP contribution in [0.4, 0.5) is 21.9 Å². The van der Waals surface area contributed by atoms with Crippen LogP contribution < -0.4 is 16.4 Å². The van der Waals surface area contributed by atoms with Gasteiger partial charge >= 0.3 is 6.03 Å². The molecule has 0 heterocycles. The van der Waals surface area contributed by atoms with Gasteiger partial charge in [-0.2, -0.15) is 0 Å². The van der Waals surface area contributed by atoms with E-state index >= 15 is 0 Å². The molecule has 0 fully saturated rings. The maximum absolute atomic E-state index is 11.9.